The second kappa shape index (κ2) is 12.2. The van der Waals surface area contributed by atoms with Crippen LogP contribution in [-0.4, -0.2) is 80.4 Å². The predicted molar refractivity (Wildman–Crippen MR) is 149 cm³/mol. The molecule has 10 nitrogen and oxygen atoms in total. The van der Waals surface area contributed by atoms with Gasteiger partial charge in [-0.25, -0.2) is 8.42 Å². The average Bonchev–Trinajstić information content (AvgIpc) is 2.99. The molecule has 1 fully saturated rings. The Balaban J connectivity index is 1.56. The molecule has 0 saturated carbocycles. The van der Waals surface area contributed by atoms with Crippen molar-refractivity contribution in [1.82, 2.24) is 4.90 Å². The van der Waals surface area contributed by atoms with E-state index in [1.165, 1.54) is 39.5 Å². The highest BCUT2D eigenvalue weighted by atomic mass is 32.2. The largest absolute Gasteiger partial charge is 0.497 e. The molecule has 0 unspecified atom stereocenters. The van der Waals surface area contributed by atoms with Crippen LogP contribution >= 0.6 is 0 Å². The molecule has 0 radical (unpaired) electrons. The number of methoxy groups -OCH3 is 4. The van der Waals surface area contributed by atoms with Gasteiger partial charge in [0, 0.05) is 37.9 Å². The molecule has 3 aromatic carbocycles. The third-order valence-electron chi connectivity index (χ3n) is 6.65. The maximum absolute atomic E-state index is 13.9. The summed E-state index contributed by atoms with van der Waals surface area (Å²) in [6, 6.07) is 18.7. The van der Waals surface area contributed by atoms with E-state index in [2.05, 4.69) is 4.90 Å². The maximum atomic E-state index is 13.9. The van der Waals surface area contributed by atoms with Crippen LogP contribution in [0, 0.1) is 0 Å². The molecular formula is C28H33N3O7S. The normalized spacial score (nSPS) is 13.5. The van der Waals surface area contributed by atoms with Crippen molar-refractivity contribution in [3.63, 3.8) is 0 Å². The van der Waals surface area contributed by atoms with Gasteiger partial charge in [0.25, 0.3) is 10.0 Å². The minimum Gasteiger partial charge on any atom is -0.497 e. The average molecular weight is 556 g/mol. The number of amides is 1. The van der Waals surface area contributed by atoms with Crippen LogP contribution in [0.1, 0.15) is 0 Å². The second-order valence-corrected chi connectivity index (χ2v) is 10.7. The van der Waals surface area contributed by atoms with E-state index in [0.29, 0.717) is 43.4 Å². The van der Waals surface area contributed by atoms with E-state index in [1.807, 2.05) is 24.3 Å². The van der Waals surface area contributed by atoms with Crippen molar-refractivity contribution in [1.29, 1.82) is 0 Å². The van der Waals surface area contributed by atoms with Crippen molar-refractivity contribution in [3.05, 3.63) is 66.7 Å². The van der Waals surface area contributed by atoms with Crippen LogP contribution < -0.4 is 28.2 Å². The minimum absolute atomic E-state index is 0.0203. The van der Waals surface area contributed by atoms with Gasteiger partial charge in [-0.1, -0.05) is 0 Å². The van der Waals surface area contributed by atoms with Crippen molar-refractivity contribution in [2.75, 3.05) is 70.4 Å². The van der Waals surface area contributed by atoms with Crippen molar-refractivity contribution in [2.45, 2.75) is 4.90 Å². The zero-order valence-corrected chi connectivity index (χ0v) is 23.3. The summed E-state index contributed by atoms with van der Waals surface area (Å²) in [5.74, 6) is 1.74. The van der Waals surface area contributed by atoms with E-state index in [1.54, 1.807) is 36.3 Å². The van der Waals surface area contributed by atoms with Crippen LogP contribution in [-0.2, 0) is 14.8 Å². The molecule has 1 saturated heterocycles. The van der Waals surface area contributed by atoms with E-state index in [0.717, 1.165) is 15.7 Å². The predicted octanol–water partition coefficient (Wildman–Crippen LogP) is 3.27. The lowest BCUT2D eigenvalue weighted by Gasteiger charge is -2.37. The molecule has 39 heavy (non-hydrogen) atoms. The molecule has 1 amide bonds. The van der Waals surface area contributed by atoms with Crippen LogP contribution in [0.25, 0.3) is 0 Å². The van der Waals surface area contributed by atoms with Crippen LogP contribution in [0.5, 0.6) is 23.0 Å². The summed E-state index contributed by atoms with van der Waals surface area (Å²) in [5.41, 5.74) is 1.38. The molecular weight excluding hydrogens is 522 g/mol. The third kappa shape index (κ3) is 6.14. The van der Waals surface area contributed by atoms with Crippen molar-refractivity contribution >= 4 is 27.3 Å². The molecule has 4 rings (SSSR count). The van der Waals surface area contributed by atoms with Gasteiger partial charge in [0.2, 0.25) is 5.91 Å². The monoisotopic (exact) mass is 555 g/mol. The van der Waals surface area contributed by atoms with E-state index < -0.39 is 10.0 Å². The molecule has 0 N–H and O–H groups in total. The Morgan fingerprint density at radius 2 is 1.31 bits per heavy atom. The molecule has 1 heterocycles. The summed E-state index contributed by atoms with van der Waals surface area (Å²) in [5, 5.41) is 0. The van der Waals surface area contributed by atoms with E-state index >= 15 is 0 Å². The fourth-order valence-electron chi connectivity index (χ4n) is 4.40. The highest BCUT2D eigenvalue weighted by Crippen LogP contribution is 2.33. The molecule has 1 aliphatic rings. The summed E-state index contributed by atoms with van der Waals surface area (Å²) in [6.07, 6.45) is 0. The molecule has 1 aliphatic heterocycles. The highest BCUT2D eigenvalue weighted by molar-refractivity contribution is 7.92. The number of anilines is 2. The number of benzene rings is 3. The quantitative estimate of drug-likeness (QED) is 0.376. The van der Waals surface area contributed by atoms with Gasteiger partial charge in [-0.15, -0.1) is 0 Å². The SMILES string of the molecule is COc1ccc(N2CCN(C(=O)CN(c3ccc(OC)cc3)S(=O)(=O)c3ccc(OC)c(OC)c3)CC2)cc1. The first kappa shape index (κ1) is 27.9. The van der Waals surface area contributed by atoms with Crippen molar-refractivity contribution in [2.24, 2.45) is 0 Å². The standard InChI is InChI=1S/C28H33N3O7S/c1-35-23-9-5-21(6-10-23)29-15-17-30(18-16-29)28(32)20-31(22-7-11-24(36-2)12-8-22)39(33,34)25-13-14-26(37-3)27(19-25)38-4/h5-14,19H,15-18,20H2,1-4H3. The number of carbonyl (C=O) groups is 1. The fraction of sp³-hybridized carbons (Fsp3) is 0.321. The Morgan fingerprint density at radius 1 is 0.744 bits per heavy atom. The van der Waals surface area contributed by atoms with Gasteiger partial charge in [0.1, 0.15) is 18.0 Å². The smallest absolute Gasteiger partial charge is 0.264 e. The minimum atomic E-state index is -4.14. The summed E-state index contributed by atoms with van der Waals surface area (Å²) >= 11 is 0. The van der Waals surface area contributed by atoms with E-state index in [4.69, 9.17) is 18.9 Å². The van der Waals surface area contributed by atoms with Gasteiger partial charge in [0.15, 0.2) is 11.5 Å². The Labute approximate surface area is 229 Å². The highest BCUT2D eigenvalue weighted by Gasteiger charge is 2.31. The van der Waals surface area contributed by atoms with Crippen LogP contribution in [0.4, 0.5) is 11.4 Å². The maximum Gasteiger partial charge on any atom is 0.264 e. The lowest BCUT2D eigenvalue weighted by Crippen LogP contribution is -2.52. The van der Waals surface area contributed by atoms with Gasteiger partial charge in [-0.2, -0.15) is 0 Å². The van der Waals surface area contributed by atoms with Crippen LogP contribution in [0.15, 0.2) is 71.6 Å². The molecule has 11 heteroatoms. The lowest BCUT2D eigenvalue weighted by molar-refractivity contribution is -0.129. The third-order valence-corrected chi connectivity index (χ3v) is 8.42. The Hall–Kier alpha value is -4.12. The molecule has 3 aromatic rings. The van der Waals surface area contributed by atoms with Gasteiger partial charge < -0.3 is 28.7 Å². The van der Waals surface area contributed by atoms with E-state index in [-0.39, 0.29) is 23.1 Å². The Bertz CT molecular complexity index is 1370. The topological polar surface area (TPSA) is 97.9 Å². The first-order valence-corrected chi connectivity index (χ1v) is 13.8. The number of ether oxygens (including phenoxy) is 4. The summed E-state index contributed by atoms with van der Waals surface area (Å²) < 4.78 is 49.9. The van der Waals surface area contributed by atoms with E-state index in [9.17, 15) is 13.2 Å². The first-order valence-electron chi connectivity index (χ1n) is 12.4. The Morgan fingerprint density at radius 3 is 1.85 bits per heavy atom. The number of rotatable bonds is 10. The van der Waals surface area contributed by atoms with Gasteiger partial charge in [0.05, 0.1) is 39.0 Å². The molecule has 0 atom stereocenters. The van der Waals surface area contributed by atoms with Gasteiger partial charge >= 0.3 is 0 Å². The number of sulfonamides is 1. The first-order chi connectivity index (χ1) is 18.8. The lowest BCUT2D eigenvalue weighted by atomic mass is 10.2. The number of piperazine rings is 1. The fourth-order valence-corrected chi connectivity index (χ4v) is 5.83. The Kier molecular flexibility index (Phi) is 8.70. The summed E-state index contributed by atoms with van der Waals surface area (Å²) in [7, 11) is 1.93. The van der Waals surface area contributed by atoms with Crippen molar-refractivity contribution < 1.29 is 32.2 Å². The number of carbonyl (C=O) groups excluding carboxylic acids is 1. The van der Waals surface area contributed by atoms with Crippen LogP contribution in [0.3, 0.4) is 0 Å². The zero-order chi connectivity index (χ0) is 28.0. The number of hydrogen-bond acceptors (Lipinski definition) is 8. The zero-order valence-electron chi connectivity index (χ0n) is 22.5. The van der Waals surface area contributed by atoms with Gasteiger partial charge in [-0.05, 0) is 60.7 Å². The number of nitrogens with zero attached hydrogens (tertiary/aromatic N) is 3. The van der Waals surface area contributed by atoms with Gasteiger partial charge in [-0.3, -0.25) is 9.10 Å². The second-order valence-electron chi connectivity index (χ2n) is 8.79. The molecule has 0 aromatic heterocycles. The molecule has 0 aliphatic carbocycles. The molecule has 0 bridgehead atoms. The van der Waals surface area contributed by atoms with Crippen LogP contribution in [0.2, 0.25) is 0 Å². The molecule has 208 valence electrons. The number of hydrogen-bond donors (Lipinski definition) is 0. The van der Waals surface area contributed by atoms with Crippen molar-refractivity contribution in [3.8, 4) is 23.0 Å². The summed E-state index contributed by atoms with van der Waals surface area (Å²) in [6.45, 7) is 1.84. The summed E-state index contributed by atoms with van der Waals surface area (Å²) in [4.78, 5) is 17.3. The molecule has 0 spiro atoms.